The fraction of sp³-hybridized carbons (Fsp3) is 0.533. The largest absolute Gasteiger partial charge is 0.484 e. The highest BCUT2D eigenvalue weighted by molar-refractivity contribution is 7.92. The average Bonchev–Trinajstić information content (AvgIpc) is 2.34. The minimum atomic E-state index is -3.11. The summed E-state index contributed by atoms with van der Waals surface area (Å²) >= 11 is 5.76. The number of halogens is 1. The second-order valence-corrected chi connectivity index (χ2v) is 8.65. The van der Waals surface area contributed by atoms with Gasteiger partial charge in [-0.3, -0.25) is 4.79 Å². The van der Waals surface area contributed by atoms with Crippen molar-refractivity contribution in [3.8, 4) is 5.75 Å². The van der Waals surface area contributed by atoms with Crippen LogP contribution in [0.3, 0.4) is 0 Å². The molecule has 1 aromatic rings. The number of carbonyl (C=O) groups is 1. The summed E-state index contributed by atoms with van der Waals surface area (Å²) in [7, 11) is -3.11. The molecular weight excluding hydrogens is 326 g/mol. The molecule has 1 amide bonds. The minimum Gasteiger partial charge on any atom is -0.484 e. The van der Waals surface area contributed by atoms with Crippen LogP contribution in [-0.2, 0) is 14.6 Å². The molecule has 0 atom stereocenters. The number of benzene rings is 1. The maximum Gasteiger partial charge on any atom is 0.260 e. The normalized spacial score (nSPS) is 15.7. The first kappa shape index (κ1) is 17.1. The van der Waals surface area contributed by atoms with Crippen molar-refractivity contribution in [2.75, 3.05) is 25.4 Å². The lowest BCUT2D eigenvalue weighted by Crippen LogP contribution is -2.58. The molecule has 5 nitrogen and oxygen atoms in total. The number of amides is 1. The van der Waals surface area contributed by atoms with E-state index in [0.29, 0.717) is 10.8 Å². The third-order valence-corrected chi connectivity index (χ3v) is 6.15. The lowest BCUT2D eigenvalue weighted by molar-refractivity contribution is -0.136. The van der Waals surface area contributed by atoms with Crippen LogP contribution in [0.2, 0.25) is 5.02 Å². The fourth-order valence-electron chi connectivity index (χ4n) is 2.24. The molecule has 22 heavy (non-hydrogen) atoms. The van der Waals surface area contributed by atoms with Crippen LogP contribution in [0.4, 0.5) is 0 Å². The van der Waals surface area contributed by atoms with Gasteiger partial charge in [-0.15, -0.1) is 0 Å². The van der Waals surface area contributed by atoms with E-state index in [0.717, 1.165) is 0 Å². The molecule has 0 spiro atoms. The molecule has 7 heteroatoms. The Balaban J connectivity index is 1.78. The van der Waals surface area contributed by atoms with Crippen molar-refractivity contribution in [3.05, 3.63) is 29.3 Å². The number of rotatable bonds is 6. The molecule has 0 aliphatic carbocycles. The van der Waals surface area contributed by atoms with Gasteiger partial charge < -0.3 is 9.64 Å². The molecule has 2 rings (SSSR count). The topological polar surface area (TPSA) is 63.7 Å². The van der Waals surface area contributed by atoms with E-state index < -0.39 is 15.1 Å². The number of ether oxygens (including phenoxy) is 1. The number of hydrogen-bond acceptors (Lipinski definition) is 4. The Kier molecular flexibility index (Phi) is 5.34. The van der Waals surface area contributed by atoms with Crippen LogP contribution in [-0.4, -0.2) is 49.9 Å². The third kappa shape index (κ3) is 4.36. The molecule has 122 valence electrons. The van der Waals surface area contributed by atoms with Crippen LogP contribution in [0, 0.1) is 5.92 Å². The van der Waals surface area contributed by atoms with Crippen molar-refractivity contribution >= 4 is 27.3 Å². The molecular formula is C15H20ClNO4S. The number of sulfone groups is 1. The molecule has 1 aromatic carbocycles. The maximum absolute atomic E-state index is 12.0. The Morgan fingerprint density at radius 1 is 1.32 bits per heavy atom. The summed E-state index contributed by atoms with van der Waals surface area (Å²) < 4.78 is 29.4. The predicted octanol–water partition coefficient (Wildman–Crippen LogP) is 2.00. The van der Waals surface area contributed by atoms with Gasteiger partial charge in [0.05, 0.1) is 11.0 Å². The van der Waals surface area contributed by atoms with Crippen molar-refractivity contribution in [2.45, 2.75) is 19.1 Å². The van der Waals surface area contributed by atoms with Gasteiger partial charge in [-0.25, -0.2) is 8.42 Å². The molecule has 1 saturated heterocycles. The maximum atomic E-state index is 12.0. The summed E-state index contributed by atoms with van der Waals surface area (Å²) in [5.74, 6) is 0.622. The molecule has 0 saturated carbocycles. The van der Waals surface area contributed by atoms with Gasteiger partial charge in [-0.2, -0.15) is 0 Å². The summed E-state index contributed by atoms with van der Waals surface area (Å²) in [5, 5.41) is 0.161. The molecule has 0 unspecified atom stereocenters. The number of carbonyl (C=O) groups excluding carboxylic acids is 1. The van der Waals surface area contributed by atoms with Gasteiger partial charge in [-0.1, -0.05) is 25.4 Å². The molecule has 1 heterocycles. The number of nitrogens with zero attached hydrogens (tertiary/aromatic N) is 1. The molecule has 0 aromatic heterocycles. The van der Waals surface area contributed by atoms with E-state index in [9.17, 15) is 13.2 Å². The van der Waals surface area contributed by atoms with Gasteiger partial charge in [-0.05, 0) is 30.2 Å². The molecule has 0 N–H and O–H groups in total. The lowest BCUT2D eigenvalue weighted by Gasteiger charge is -2.38. The molecule has 1 fully saturated rings. The Bertz CT molecular complexity index is 621. The van der Waals surface area contributed by atoms with Crippen LogP contribution in [0.25, 0.3) is 0 Å². The van der Waals surface area contributed by atoms with Gasteiger partial charge in [0, 0.05) is 18.1 Å². The van der Waals surface area contributed by atoms with Gasteiger partial charge in [0.15, 0.2) is 16.4 Å². The van der Waals surface area contributed by atoms with Crippen molar-refractivity contribution < 1.29 is 17.9 Å². The summed E-state index contributed by atoms with van der Waals surface area (Å²) in [5.41, 5.74) is 0. The van der Waals surface area contributed by atoms with E-state index in [4.69, 9.17) is 16.3 Å². The fourth-order valence-corrected chi connectivity index (χ4v) is 4.38. The quantitative estimate of drug-likeness (QED) is 0.791. The highest BCUT2D eigenvalue weighted by atomic mass is 35.5. The van der Waals surface area contributed by atoms with E-state index in [1.807, 2.05) is 13.8 Å². The van der Waals surface area contributed by atoms with Crippen molar-refractivity contribution in [3.63, 3.8) is 0 Å². The SMILES string of the molecule is CC(C)CS(=O)(=O)C1CN(C(=O)COc2ccc(Cl)cc2)C1. The average molecular weight is 346 g/mol. The molecule has 0 bridgehead atoms. The standard InChI is InChI=1S/C15H20ClNO4S/c1-11(2)10-22(19,20)14-7-17(8-14)15(18)9-21-13-5-3-12(16)4-6-13/h3-6,11,14H,7-10H2,1-2H3. The van der Waals surface area contributed by atoms with Gasteiger partial charge in [0.2, 0.25) is 0 Å². The van der Waals surface area contributed by atoms with E-state index in [1.165, 1.54) is 4.90 Å². The first-order chi connectivity index (χ1) is 10.3. The minimum absolute atomic E-state index is 0.0986. The van der Waals surface area contributed by atoms with Crippen LogP contribution in [0.5, 0.6) is 5.75 Å². The summed E-state index contributed by atoms with van der Waals surface area (Å²) in [6.07, 6.45) is 0. The lowest BCUT2D eigenvalue weighted by atomic mass is 10.2. The van der Waals surface area contributed by atoms with E-state index >= 15 is 0 Å². The van der Waals surface area contributed by atoms with Gasteiger partial charge in [0.25, 0.3) is 5.91 Å². The summed E-state index contributed by atoms with van der Waals surface area (Å²) in [6.45, 7) is 4.17. The van der Waals surface area contributed by atoms with Crippen LogP contribution in [0.1, 0.15) is 13.8 Å². The summed E-state index contributed by atoms with van der Waals surface area (Å²) in [4.78, 5) is 13.5. The van der Waals surface area contributed by atoms with E-state index in [-0.39, 0.29) is 37.3 Å². The highest BCUT2D eigenvalue weighted by Gasteiger charge is 2.39. The van der Waals surface area contributed by atoms with Crippen molar-refractivity contribution in [2.24, 2.45) is 5.92 Å². The van der Waals surface area contributed by atoms with E-state index in [2.05, 4.69) is 0 Å². The van der Waals surface area contributed by atoms with Gasteiger partial charge in [0.1, 0.15) is 5.75 Å². The van der Waals surface area contributed by atoms with Crippen molar-refractivity contribution in [1.29, 1.82) is 0 Å². The second kappa shape index (κ2) is 6.87. The van der Waals surface area contributed by atoms with E-state index in [1.54, 1.807) is 24.3 Å². The first-order valence-corrected chi connectivity index (χ1v) is 9.25. The van der Waals surface area contributed by atoms with Crippen LogP contribution in [0.15, 0.2) is 24.3 Å². The summed E-state index contributed by atoms with van der Waals surface area (Å²) in [6, 6.07) is 6.72. The van der Waals surface area contributed by atoms with Crippen LogP contribution < -0.4 is 4.74 Å². The zero-order valence-corrected chi connectivity index (χ0v) is 14.2. The first-order valence-electron chi connectivity index (χ1n) is 7.15. The number of hydrogen-bond donors (Lipinski definition) is 0. The molecule has 0 radical (unpaired) electrons. The number of likely N-dealkylation sites (tertiary alicyclic amines) is 1. The highest BCUT2D eigenvalue weighted by Crippen LogP contribution is 2.20. The molecule has 1 aliphatic heterocycles. The third-order valence-electron chi connectivity index (χ3n) is 3.45. The monoisotopic (exact) mass is 345 g/mol. The molecule has 1 aliphatic rings. The predicted molar refractivity (Wildman–Crippen MR) is 85.9 cm³/mol. The smallest absolute Gasteiger partial charge is 0.260 e. The zero-order chi connectivity index (χ0) is 16.3. The van der Waals surface area contributed by atoms with Crippen LogP contribution >= 0.6 is 11.6 Å². The van der Waals surface area contributed by atoms with Crippen molar-refractivity contribution in [1.82, 2.24) is 4.90 Å². The Morgan fingerprint density at radius 2 is 1.91 bits per heavy atom. The Morgan fingerprint density at radius 3 is 2.45 bits per heavy atom. The zero-order valence-electron chi connectivity index (χ0n) is 12.7. The Hall–Kier alpha value is -1.27. The Labute approximate surface area is 136 Å². The second-order valence-electron chi connectivity index (χ2n) is 5.89. The van der Waals surface area contributed by atoms with Gasteiger partial charge >= 0.3 is 0 Å².